The second-order valence-electron chi connectivity index (χ2n) is 7.27. The molecular formula is C23H19F3N4O. The Bertz CT molecular complexity index is 1320. The fourth-order valence-electron chi connectivity index (χ4n) is 3.50. The molecular weight excluding hydrogens is 405 g/mol. The molecule has 2 aromatic carbocycles. The van der Waals surface area contributed by atoms with Gasteiger partial charge in [-0.15, -0.1) is 0 Å². The molecule has 5 nitrogen and oxygen atoms in total. The molecule has 2 heterocycles. The Morgan fingerprint density at radius 3 is 2.52 bits per heavy atom. The van der Waals surface area contributed by atoms with Crippen molar-refractivity contribution in [1.82, 2.24) is 14.8 Å². The third kappa shape index (κ3) is 4.01. The topological polar surface area (TPSA) is 59.8 Å². The van der Waals surface area contributed by atoms with Gasteiger partial charge < -0.3 is 9.88 Å². The fraction of sp³-hybridized carbons (Fsp3) is 0.174. The van der Waals surface area contributed by atoms with E-state index in [0.29, 0.717) is 11.2 Å². The Balaban J connectivity index is 1.73. The van der Waals surface area contributed by atoms with Crippen molar-refractivity contribution in [3.63, 3.8) is 0 Å². The van der Waals surface area contributed by atoms with Crippen molar-refractivity contribution < 1.29 is 13.2 Å². The van der Waals surface area contributed by atoms with Crippen LogP contribution in [0.15, 0.2) is 65.7 Å². The lowest BCUT2D eigenvalue weighted by Gasteiger charge is -2.19. The maximum Gasteiger partial charge on any atom is 0.266 e. The average Bonchev–Trinajstić information content (AvgIpc) is 2.75. The molecule has 0 spiro atoms. The number of rotatable bonds is 5. The van der Waals surface area contributed by atoms with E-state index in [1.807, 2.05) is 12.1 Å². The monoisotopic (exact) mass is 424 g/mol. The lowest BCUT2D eigenvalue weighted by molar-refractivity contribution is 0.146. The molecule has 1 N–H and O–H groups in total. The lowest BCUT2D eigenvalue weighted by atomic mass is 10.0. The molecule has 2 aromatic heterocycles. The van der Waals surface area contributed by atoms with Gasteiger partial charge >= 0.3 is 0 Å². The number of pyridine rings is 1. The highest BCUT2D eigenvalue weighted by Gasteiger charge is 2.20. The number of anilines is 1. The predicted molar refractivity (Wildman–Crippen MR) is 114 cm³/mol. The zero-order valence-corrected chi connectivity index (χ0v) is 16.8. The number of alkyl halides is 2. The summed E-state index contributed by atoms with van der Waals surface area (Å²) in [5.41, 5.74) is 2.31. The molecule has 0 saturated heterocycles. The number of aromatic nitrogens is 3. The van der Waals surface area contributed by atoms with Crippen LogP contribution in [0.25, 0.3) is 22.0 Å². The lowest BCUT2D eigenvalue weighted by Crippen LogP contribution is -2.13. The van der Waals surface area contributed by atoms with Crippen molar-refractivity contribution >= 4 is 16.6 Å². The van der Waals surface area contributed by atoms with E-state index in [-0.39, 0.29) is 11.1 Å². The molecule has 0 aliphatic rings. The number of nitrogens with zero attached hydrogens (tertiary/aromatic N) is 3. The fourth-order valence-corrected chi connectivity index (χ4v) is 3.50. The summed E-state index contributed by atoms with van der Waals surface area (Å²) in [7, 11) is 1.68. The van der Waals surface area contributed by atoms with E-state index in [1.165, 1.54) is 29.0 Å². The van der Waals surface area contributed by atoms with Crippen molar-refractivity contribution in [1.29, 1.82) is 0 Å². The first kappa shape index (κ1) is 20.6. The third-order valence-electron chi connectivity index (χ3n) is 5.19. The van der Waals surface area contributed by atoms with Crippen molar-refractivity contribution in [2.45, 2.75) is 19.4 Å². The van der Waals surface area contributed by atoms with Crippen LogP contribution in [-0.2, 0) is 7.05 Å². The Labute approximate surface area is 176 Å². The largest absolute Gasteiger partial charge is 0.377 e. The molecule has 0 amide bonds. The van der Waals surface area contributed by atoms with Gasteiger partial charge in [-0.25, -0.2) is 13.2 Å². The number of fused-ring (bicyclic) bond motifs is 1. The van der Waals surface area contributed by atoms with E-state index in [0.717, 1.165) is 22.6 Å². The smallest absolute Gasteiger partial charge is 0.266 e. The molecule has 0 aliphatic heterocycles. The van der Waals surface area contributed by atoms with Crippen LogP contribution in [0.2, 0.25) is 0 Å². The molecule has 8 heteroatoms. The summed E-state index contributed by atoms with van der Waals surface area (Å²) < 4.78 is 42.2. The Kier molecular flexibility index (Phi) is 5.46. The van der Waals surface area contributed by atoms with Crippen molar-refractivity contribution in [2.75, 3.05) is 5.32 Å². The second kappa shape index (κ2) is 8.22. The number of aryl methyl sites for hydroxylation is 1. The average molecular weight is 424 g/mol. The standard InChI is InChI=1S/C23H19F3N4O/c1-13(16-4-3-5-17(22(16)24)23(25)26)28-20-11-27-29-19-8-6-14(10-18(19)20)15-7-9-21(31)30(2)12-15/h3-13,23H,1-2H3,(H,28,29)/t13-/m1/s1. The molecule has 4 aromatic rings. The zero-order valence-electron chi connectivity index (χ0n) is 16.8. The molecule has 0 unspecified atom stereocenters. The number of nitrogens with one attached hydrogen (secondary N) is 1. The third-order valence-corrected chi connectivity index (χ3v) is 5.19. The summed E-state index contributed by atoms with van der Waals surface area (Å²) in [6, 6.07) is 12.2. The normalized spacial score (nSPS) is 12.3. The number of halogens is 3. The van der Waals surface area contributed by atoms with Gasteiger partial charge in [0.25, 0.3) is 6.43 Å². The highest BCUT2D eigenvalue weighted by atomic mass is 19.3. The van der Waals surface area contributed by atoms with E-state index in [2.05, 4.69) is 15.5 Å². The predicted octanol–water partition coefficient (Wildman–Crippen LogP) is 5.25. The van der Waals surface area contributed by atoms with Crippen LogP contribution in [0, 0.1) is 5.82 Å². The maximum atomic E-state index is 14.6. The van der Waals surface area contributed by atoms with E-state index in [9.17, 15) is 18.0 Å². The number of hydrogen-bond donors (Lipinski definition) is 1. The minimum absolute atomic E-state index is 0.111. The first-order chi connectivity index (χ1) is 14.8. The van der Waals surface area contributed by atoms with Gasteiger partial charge in [-0.05, 0) is 36.2 Å². The van der Waals surface area contributed by atoms with Gasteiger partial charge in [-0.2, -0.15) is 10.2 Å². The van der Waals surface area contributed by atoms with Crippen molar-refractivity contribution in [2.24, 2.45) is 7.05 Å². The minimum atomic E-state index is -2.89. The van der Waals surface area contributed by atoms with Crippen LogP contribution in [0.1, 0.15) is 30.5 Å². The SMILES string of the molecule is C[C@@H](Nc1cnnc2ccc(-c3ccc(=O)n(C)c3)cc12)c1cccc(C(F)F)c1F. The summed E-state index contributed by atoms with van der Waals surface area (Å²) in [6.07, 6.45) is 0.358. The van der Waals surface area contributed by atoms with E-state index < -0.39 is 23.8 Å². The molecule has 0 fully saturated rings. The highest BCUT2D eigenvalue weighted by molar-refractivity contribution is 5.93. The van der Waals surface area contributed by atoms with Crippen molar-refractivity contribution in [3.05, 3.63) is 88.2 Å². The van der Waals surface area contributed by atoms with Crippen LogP contribution < -0.4 is 10.9 Å². The molecule has 158 valence electrons. The highest BCUT2D eigenvalue weighted by Crippen LogP contribution is 2.32. The molecule has 0 bridgehead atoms. The number of benzene rings is 2. The van der Waals surface area contributed by atoms with Gasteiger partial charge in [0.15, 0.2) is 0 Å². The molecule has 0 saturated carbocycles. The molecule has 0 radical (unpaired) electrons. The van der Waals surface area contributed by atoms with E-state index >= 15 is 0 Å². The summed E-state index contributed by atoms with van der Waals surface area (Å²) in [4.78, 5) is 11.7. The van der Waals surface area contributed by atoms with Crippen molar-refractivity contribution in [3.8, 4) is 11.1 Å². The Morgan fingerprint density at radius 1 is 1.03 bits per heavy atom. The summed E-state index contributed by atoms with van der Waals surface area (Å²) in [5.74, 6) is -0.922. The minimum Gasteiger partial charge on any atom is -0.377 e. The molecule has 31 heavy (non-hydrogen) atoms. The van der Waals surface area contributed by atoms with Gasteiger partial charge in [0.2, 0.25) is 5.56 Å². The van der Waals surface area contributed by atoms with Gasteiger partial charge in [0, 0.05) is 30.3 Å². The zero-order chi connectivity index (χ0) is 22.1. The maximum absolute atomic E-state index is 14.6. The van der Waals surface area contributed by atoms with Gasteiger partial charge in [0.05, 0.1) is 29.0 Å². The quantitative estimate of drug-likeness (QED) is 0.476. The van der Waals surface area contributed by atoms with Crippen LogP contribution >= 0.6 is 0 Å². The van der Waals surface area contributed by atoms with Gasteiger partial charge in [-0.3, -0.25) is 4.79 Å². The molecule has 0 aliphatic carbocycles. The Morgan fingerprint density at radius 2 is 1.77 bits per heavy atom. The first-order valence-electron chi connectivity index (χ1n) is 9.60. The van der Waals surface area contributed by atoms with Gasteiger partial charge in [-0.1, -0.05) is 24.3 Å². The first-order valence-corrected chi connectivity index (χ1v) is 9.60. The van der Waals surface area contributed by atoms with Crippen LogP contribution in [0.4, 0.5) is 18.9 Å². The Hall–Kier alpha value is -3.68. The van der Waals surface area contributed by atoms with Crippen LogP contribution in [0.3, 0.4) is 0 Å². The molecule has 1 atom stereocenters. The summed E-state index contributed by atoms with van der Waals surface area (Å²) >= 11 is 0. The van der Waals surface area contributed by atoms with E-state index in [1.54, 1.807) is 32.3 Å². The van der Waals surface area contributed by atoms with E-state index in [4.69, 9.17) is 0 Å². The summed E-state index contributed by atoms with van der Waals surface area (Å²) in [6.45, 7) is 1.69. The van der Waals surface area contributed by atoms with Crippen LogP contribution in [-0.4, -0.2) is 14.8 Å². The molecule has 4 rings (SSSR count). The number of hydrogen-bond acceptors (Lipinski definition) is 4. The summed E-state index contributed by atoms with van der Waals surface area (Å²) in [5, 5.41) is 12.0. The van der Waals surface area contributed by atoms with Crippen LogP contribution in [0.5, 0.6) is 0 Å². The van der Waals surface area contributed by atoms with Gasteiger partial charge in [0.1, 0.15) is 5.82 Å². The second-order valence-corrected chi connectivity index (χ2v) is 7.27.